The van der Waals surface area contributed by atoms with Crippen molar-refractivity contribution < 1.29 is 4.74 Å². The van der Waals surface area contributed by atoms with Crippen LogP contribution in [-0.2, 0) is 24.8 Å². The van der Waals surface area contributed by atoms with E-state index in [1.54, 1.807) is 7.11 Å². The van der Waals surface area contributed by atoms with Crippen LogP contribution in [0.15, 0.2) is 0 Å². The average molecular weight is 271 g/mol. The summed E-state index contributed by atoms with van der Waals surface area (Å²) in [6, 6.07) is 0. The van der Waals surface area contributed by atoms with Gasteiger partial charge in [0.1, 0.15) is 11.3 Å². The third kappa shape index (κ3) is 2.37. The number of alkyl halides is 1. The lowest BCUT2D eigenvalue weighted by molar-refractivity contribution is 0.190. The van der Waals surface area contributed by atoms with Gasteiger partial charge in [0.05, 0.1) is 5.69 Å². The summed E-state index contributed by atoms with van der Waals surface area (Å²) in [4.78, 5) is 4.66. The molecule has 0 aliphatic heterocycles. The van der Waals surface area contributed by atoms with Gasteiger partial charge in [0.2, 0.25) is 0 Å². The molecular weight excluding hydrogens is 252 g/mol. The number of nitrogens with zero attached hydrogens (tertiary/aromatic N) is 4. The number of methoxy groups -OCH3 is 1. The first kappa shape index (κ1) is 13.4. The number of ether oxygens (including phenoxy) is 1. The van der Waals surface area contributed by atoms with Crippen LogP contribution in [0, 0.1) is 6.92 Å². The Labute approximate surface area is 112 Å². The number of hydrogen-bond acceptors (Lipinski definition) is 3. The van der Waals surface area contributed by atoms with Crippen molar-refractivity contribution in [2.24, 2.45) is 7.05 Å². The molecule has 0 unspecified atom stereocenters. The van der Waals surface area contributed by atoms with E-state index in [2.05, 4.69) is 14.6 Å². The normalized spacial score (nSPS) is 11.6. The van der Waals surface area contributed by atoms with E-state index >= 15 is 0 Å². The number of halogens is 1. The minimum absolute atomic E-state index is 0.583. The van der Waals surface area contributed by atoms with Gasteiger partial charge in [0.15, 0.2) is 5.65 Å². The highest BCUT2D eigenvalue weighted by molar-refractivity contribution is 6.17. The zero-order chi connectivity index (χ0) is 13.1. The number of imidazole rings is 1. The topological polar surface area (TPSA) is 44.9 Å². The van der Waals surface area contributed by atoms with E-state index in [9.17, 15) is 0 Å². The Kier molecular flexibility index (Phi) is 4.24. The molecule has 2 heterocycles. The molecule has 0 N–H and O–H groups in total. The molecule has 6 heteroatoms. The summed E-state index contributed by atoms with van der Waals surface area (Å²) in [6.07, 6.45) is 1.74. The lowest BCUT2D eigenvalue weighted by Gasteiger charge is -2.08. The second-order valence-corrected chi connectivity index (χ2v) is 4.72. The summed E-state index contributed by atoms with van der Waals surface area (Å²) in [5, 5.41) is 4.41. The zero-order valence-electron chi connectivity index (χ0n) is 11.1. The van der Waals surface area contributed by atoms with Crippen LogP contribution in [-0.4, -0.2) is 38.9 Å². The van der Waals surface area contributed by atoms with Crippen LogP contribution in [0.5, 0.6) is 0 Å². The number of hydrogen-bond donors (Lipinski definition) is 0. The number of fused-ring (bicyclic) bond motifs is 1. The molecule has 0 saturated carbocycles. The van der Waals surface area contributed by atoms with E-state index in [1.165, 1.54) is 0 Å². The van der Waals surface area contributed by atoms with Gasteiger partial charge in [-0.2, -0.15) is 5.10 Å². The van der Waals surface area contributed by atoms with Crippen molar-refractivity contribution in [3.05, 3.63) is 11.5 Å². The Bertz CT molecular complexity index is 532. The molecule has 0 atom stereocenters. The minimum atomic E-state index is 0.583. The fraction of sp³-hybridized carbons (Fsp3) is 0.667. The molecule has 0 saturated heterocycles. The van der Waals surface area contributed by atoms with E-state index in [4.69, 9.17) is 16.3 Å². The van der Waals surface area contributed by atoms with Gasteiger partial charge in [0, 0.05) is 39.6 Å². The lowest BCUT2D eigenvalue weighted by Crippen LogP contribution is -2.09. The van der Waals surface area contributed by atoms with Crippen LogP contribution in [0.4, 0.5) is 0 Å². The van der Waals surface area contributed by atoms with E-state index in [-0.39, 0.29) is 0 Å². The summed E-state index contributed by atoms with van der Waals surface area (Å²) in [5.41, 5.74) is 3.02. The fourth-order valence-electron chi connectivity index (χ4n) is 2.26. The van der Waals surface area contributed by atoms with E-state index in [0.29, 0.717) is 5.88 Å². The highest BCUT2D eigenvalue weighted by atomic mass is 35.5. The second-order valence-electron chi connectivity index (χ2n) is 4.35. The Hall–Kier alpha value is -1.07. The summed E-state index contributed by atoms with van der Waals surface area (Å²) in [6.45, 7) is 3.62. The van der Waals surface area contributed by atoms with E-state index in [1.807, 2.05) is 18.7 Å². The van der Waals surface area contributed by atoms with Crippen LogP contribution in [0.3, 0.4) is 0 Å². The molecule has 5 nitrogen and oxygen atoms in total. The SMILES string of the molecule is COCCCn1c(CCCl)nc2c(C)nn(C)c21. The maximum atomic E-state index is 5.84. The number of rotatable bonds is 6. The summed E-state index contributed by atoms with van der Waals surface area (Å²) in [5.74, 6) is 1.62. The van der Waals surface area contributed by atoms with Crippen LogP contribution in [0.2, 0.25) is 0 Å². The molecule has 2 rings (SSSR count). The minimum Gasteiger partial charge on any atom is -0.385 e. The van der Waals surface area contributed by atoms with Gasteiger partial charge >= 0.3 is 0 Å². The molecule has 0 bridgehead atoms. The Morgan fingerprint density at radius 2 is 2.17 bits per heavy atom. The van der Waals surface area contributed by atoms with Gasteiger partial charge in [-0.3, -0.25) is 4.68 Å². The smallest absolute Gasteiger partial charge is 0.158 e. The van der Waals surface area contributed by atoms with Gasteiger partial charge in [-0.1, -0.05) is 0 Å². The van der Waals surface area contributed by atoms with Crippen molar-refractivity contribution in [3.63, 3.8) is 0 Å². The van der Waals surface area contributed by atoms with Crippen molar-refractivity contribution in [1.29, 1.82) is 0 Å². The van der Waals surface area contributed by atoms with Gasteiger partial charge < -0.3 is 9.30 Å². The van der Waals surface area contributed by atoms with E-state index < -0.39 is 0 Å². The van der Waals surface area contributed by atoms with E-state index in [0.717, 1.165) is 48.7 Å². The molecule has 2 aromatic heterocycles. The monoisotopic (exact) mass is 270 g/mol. The van der Waals surface area contributed by atoms with Crippen molar-refractivity contribution in [3.8, 4) is 0 Å². The Morgan fingerprint density at radius 1 is 1.39 bits per heavy atom. The molecule has 0 radical (unpaired) electrons. The molecule has 0 fully saturated rings. The van der Waals surface area contributed by atoms with Gasteiger partial charge in [-0.05, 0) is 13.3 Å². The zero-order valence-corrected chi connectivity index (χ0v) is 11.9. The average Bonchev–Trinajstić information content (AvgIpc) is 2.81. The largest absolute Gasteiger partial charge is 0.385 e. The second kappa shape index (κ2) is 5.71. The lowest BCUT2D eigenvalue weighted by atomic mass is 10.4. The standard InChI is InChI=1S/C12H19ClN4O/c1-9-11-12(16(2)15-9)17(7-4-8-18-3)10(14-11)5-6-13/h4-8H2,1-3H3. The molecule has 100 valence electrons. The highest BCUT2D eigenvalue weighted by Gasteiger charge is 2.16. The first-order valence-electron chi connectivity index (χ1n) is 6.12. The van der Waals surface area contributed by atoms with Crippen molar-refractivity contribution >= 4 is 22.8 Å². The molecule has 2 aromatic rings. The Morgan fingerprint density at radius 3 is 2.83 bits per heavy atom. The number of aryl methyl sites for hydroxylation is 4. The highest BCUT2D eigenvalue weighted by Crippen LogP contribution is 2.20. The predicted molar refractivity (Wildman–Crippen MR) is 72.2 cm³/mol. The molecular formula is C12H19ClN4O. The fourth-order valence-corrected chi connectivity index (χ4v) is 2.43. The quantitative estimate of drug-likeness (QED) is 0.595. The van der Waals surface area contributed by atoms with Crippen molar-refractivity contribution in [1.82, 2.24) is 19.3 Å². The molecule has 0 aliphatic rings. The van der Waals surface area contributed by atoms with Crippen LogP contribution in [0.1, 0.15) is 17.9 Å². The Balaban J connectivity index is 2.40. The summed E-state index contributed by atoms with van der Waals surface area (Å²) >= 11 is 5.84. The molecule has 0 amide bonds. The summed E-state index contributed by atoms with van der Waals surface area (Å²) in [7, 11) is 3.67. The molecule has 0 aromatic carbocycles. The first-order valence-corrected chi connectivity index (χ1v) is 6.66. The molecule has 0 spiro atoms. The third-order valence-electron chi connectivity index (χ3n) is 3.02. The van der Waals surface area contributed by atoms with Crippen LogP contribution < -0.4 is 0 Å². The maximum absolute atomic E-state index is 5.84. The van der Waals surface area contributed by atoms with Gasteiger partial charge in [-0.15, -0.1) is 11.6 Å². The van der Waals surface area contributed by atoms with Crippen molar-refractivity contribution in [2.45, 2.75) is 26.3 Å². The van der Waals surface area contributed by atoms with Gasteiger partial charge in [-0.25, -0.2) is 4.98 Å². The maximum Gasteiger partial charge on any atom is 0.158 e. The third-order valence-corrected chi connectivity index (χ3v) is 3.21. The predicted octanol–water partition coefficient (Wildman–Crippen LogP) is 1.90. The molecule has 18 heavy (non-hydrogen) atoms. The summed E-state index contributed by atoms with van der Waals surface area (Å²) < 4.78 is 9.20. The van der Waals surface area contributed by atoms with Crippen LogP contribution in [0.25, 0.3) is 11.2 Å². The van der Waals surface area contributed by atoms with Crippen LogP contribution >= 0.6 is 11.6 Å². The first-order chi connectivity index (χ1) is 8.69. The van der Waals surface area contributed by atoms with Gasteiger partial charge in [0.25, 0.3) is 0 Å². The van der Waals surface area contributed by atoms with Crippen molar-refractivity contribution in [2.75, 3.05) is 19.6 Å². The molecule has 0 aliphatic carbocycles. The number of aromatic nitrogens is 4.